The molecule has 0 aliphatic carbocycles. The highest BCUT2D eigenvalue weighted by Crippen LogP contribution is 2.49. The predicted molar refractivity (Wildman–Crippen MR) is 107 cm³/mol. The summed E-state index contributed by atoms with van der Waals surface area (Å²) in [5.41, 5.74) is 1.37. The molecule has 4 rings (SSSR count). The molecule has 4 nitrogen and oxygen atoms in total. The van der Waals surface area contributed by atoms with Crippen molar-refractivity contribution in [1.82, 2.24) is 10.6 Å². The van der Waals surface area contributed by atoms with Gasteiger partial charge in [-0.1, -0.05) is 18.2 Å². The van der Waals surface area contributed by atoms with Crippen LogP contribution in [0.3, 0.4) is 0 Å². The number of benzene rings is 2. The number of halogens is 1. The molecule has 2 aromatic rings. The highest BCUT2D eigenvalue weighted by Gasteiger charge is 2.49. The van der Waals surface area contributed by atoms with E-state index in [1.807, 2.05) is 19.1 Å². The lowest BCUT2D eigenvalue weighted by molar-refractivity contribution is -0.0132. The molecule has 2 atom stereocenters. The average Bonchev–Trinajstić information content (AvgIpc) is 2.51. The van der Waals surface area contributed by atoms with E-state index in [2.05, 4.69) is 24.5 Å². The highest BCUT2D eigenvalue weighted by atomic mass is 32.1. The summed E-state index contributed by atoms with van der Waals surface area (Å²) in [6.45, 7) is 6.04. The minimum absolute atomic E-state index is 0.131. The lowest BCUT2D eigenvalue weighted by atomic mass is 9.76. The Morgan fingerprint density at radius 1 is 1.22 bits per heavy atom. The third-order valence-electron chi connectivity index (χ3n) is 5.32. The van der Waals surface area contributed by atoms with Crippen molar-refractivity contribution >= 4 is 17.3 Å². The van der Waals surface area contributed by atoms with E-state index in [9.17, 15) is 9.50 Å². The Balaban J connectivity index is 1.89. The summed E-state index contributed by atoms with van der Waals surface area (Å²) in [5, 5.41) is 17.2. The Morgan fingerprint density at radius 3 is 2.67 bits per heavy atom. The van der Waals surface area contributed by atoms with Crippen molar-refractivity contribution in [3.63, 3.8) is 0 Å². The zero-order chi connectivity index (χ0) is 19.4. The summed E-state index contributed by atoms with van der Waals surface area (Å²) in [7, 11) is 0. The monoisotopic (exact) mass is 386 g/mol. The number of hydrogen-bond acceptors (Lipinski definition) is 3. The van der Waals surface area contributed by atoms with Crippen molar-refractivity contribution < 1.29 is 14.2 Å². The highest BCUT2D eigenvalue weighted by molar-refractivity contribution is 7.80. The fourth-order valence-electron chi connectivity index (χ4n) is 4.52. The molecule has 1 fully saturated rings. The van der Waals surface area contributed by atoms with Gasteiger partial charge in [-0.05, 0) is 56.2 Å². The van der Waals surface area contributed by atoms with Crippen LogP contribution in [-0.2, 0) is 0 Å². The Morgan fingerprint density at radius 2 is 1.96 bits per heavy atom. The number of nitrogens with one attached hydrogen (secondary N) is 2. The first-order chi connectivity index (χ1) is 12.7. The number of aryl methyl sites for hydroxylation is 1. The van der Waals surface area contributed by atoms with Gasteiger partial charge < -0.3 is 20.5 Å². The fraction of sp³-hybridized carbons (Fsp3) is 0.381. The zero-order valence-corrected chi connectivity index (χ0v) is 16.4. The van der Waals surface area contributed by atoms with Gasteiger partial charge in [-0.3, -0.25) is 0 Å². The molecule has 0 saturated carbocycles. The lowest BCUT2D eigenvalue weighted by Crippen LogP contribution is -2.69. The van der Waals surface area contributed by atoms with Crippen molar-refractivity contribution in [1.29, 1.82) is 0 Å². The molecule has 2 heterocycles. The summed E-state index contributed by atoms with van der Waals surface area (Å²) in [6, 6.07) is 10.1. The molecule has 0 amide bonds. The maximum Gasteiger partial charge on any atom is 0.185 e. The summed E-state index contributed by atoms with van der Waals surface area (Å²) < 4.78 is 21.1. The van der Waals surface area contributed by atoms with Gasteiger partial charge in [0.05, 0.1) is 0 Å². The van der Waals surface area contributed by atoms with E-state index in [-0.39, 0.29) is 23.0 Å². The van der Waals surface area contributed by atoms with Crippen LogP contribution in [0, 0.1) is 12.7 Å². The van der Waals surface area contributed by atoms with Crippen LogP contribution in [0.1, 0.15) is 49.3 Å². The number of fused-ring (bicyclic) bond motifs is 1. The van der Waals surface area contributed by atoms with Crippen LogP contribution >= 0.6 is 12.2 Å². The molecule has 3 N–H and O–H groups in total. The van der Waals surface area contributed by atoms with Gasteiger partial charge in [-0.15, -0.1) is 0 Å². The lowest BCUT2D eigenvalue weighted by Gasteiger charge is -2.50. The number of phenolic OH excluding ortho intramolecular Hbond substituents is 1. The van der Waals surface area contributed by atoms with Crippen LogP contribution in [-0.4, -0.2) is 21.5 Å². The summed E-state index contributed by atoms with van der Waals surface area (Å²) in [5.74, 6) is 0.250. The number of ether oxygens (including phenoxy) is 1. The van der Waals surface area contributed by atoms with Gasteiger partial charge in [0, 0.05) is 35.9 Å². The summed E-state index contributed by atoms with van der Waals surface area (Å²) in [6.07, 6.45) is 1.18. The van der Waals surface area contributed by atoms with E-state index in [0.29, 0.717) is 29.3 Å². The Bertz CT molecular complexity index is 930. The smallest absolute Gasteiger partial charge is 0.185 e. The standard InChI is InChI=1S/C21H23FN2O2S/c1-12-8-13(25)9-17-18(12)15(14-6-4-5-7-16(14)22)10-21(26-17)11-20(2,3)23-19(27)24-21/h4-9,15,25H,10-11H2,1-3H3,(H2,23,24,27)/t15-,21-/m1/s1. The van der Waals surface area contributed by atoms with Crippen molar-refractivity contribution in [3.8, 4) is 11.5 Å². The van der Waals surface area contributed by atoms with Crippen LogP contribution in [0.4, 0.5) is 4.39 Å². The van der Waals surface area contributed by atoms with E-state index >= 15 is 0 Å². The van der Waals surface area contributed by atoms with E-state index in [1.165, 1.54) is 6.07 Å². The molecular weight excluding hydrogens is 363 g/mol. The average molecular weight is 386 g/mol. The molecule has 1 spiro atoms. The van der Waals surface area contributed by atoms with Crippen LogP contribution in [0.2, 0.25) is 0 Å². The first kappa shape index (κ1) is 18.0. The van der Waals surface area contributed by atoms with Gasteiger partial charge in [-0.2, -0.15) is 0 Å². The van der Waals surface area contributed by atoms with Crippen molar-refractivity contribution in [2.75, 3.05) is 0 Å². The van der Waals surface area contributed by atoms with Gasteiger partial charge in [0.25, 0.3) is 0 Å². The summed E-state index contributed by atoms with van der Waals surface area (Å²) >= 11 is 5.41. The first-order valence-corrected chi connectivity index (χ1v) is 9.46. The minimum Gasteiger partial charge on any atom is -0.508 e. The molecule has 6 heteroatoms. The Labute approximate surface area is 163 Å². The van der Waals surface area contributed by atoms with E-state index < -0.39 is 5.72 Å². The van der Waals surface area contributed by atoms with E-state index in [1.54, 1.807) is 18.2 Å². The molecule has 0 radical (unpaired) electrons. The second kappa shape index (κ2) is 6.09. The molecule has 27 heavy (non-hydrogen) atoms. The number of rotatable bonds is 1. The van der Waals surface area contributed by atoms with Gasteiger partial charge >= 0.3 is 0 Å². The van der Waals surface area contributed by atoms with E-state index in [0.717, 1.165) is 11.1 Å². The molecule has 1 saturated heterocycles. The van der Waals surface area contributed by atoms with Gasteiger partial charge in [0.15, 0.2) is 10.8 Å². The molecule has 2 aliphatic rings. The molecular formula is C21H23FN2O2S. The number of thiocarbonyl (C=S) groups is 1. The summed E-state index contributed by atoms with van der Waals surface area (Å²) in [4.78, 5) is 0. The topological polar surface area (TPSA) is 53.5 Å². The predicted octanol–water partition coefficient (Wildman–Crippen LogP) is 4.10. The second-order valence-corrected chi connectivity index (χ2v) is 8.60. The van der Waals surface area contributed by atoms with Crippen molar-refractivity contribution in [3.05, 3.63) is 58.9 Å². The van der Waals surface area contributed by atoms with Crippen LogP contribution in [0.5, 0.6) is 11.5 Å². The molecule has 0 unspecified atom stereocenters. The van der Waals surface area contributed by atoms with E-state index in [4.69, 9.17) is 17.0 Å². The second-order valence-electron chi connectivity index (χ2n) is 8.19. The maximum absolute atomic E-state index is 14.7. The fourth-order valence-corrected chi connectivity index (χ4v) is 4.98. The van der Waals surface area contributed by atoms with Gasteiger partial charge in [-0.25, -0.2) is 4.39 Å². The number of phenols is 1. The minimum atomic E-state index is -0.772. The molecule has 2 aromatic carbocycles. The van der Waals surface area contributed by atoms with Gasteiger partial charge in [0.2, 0.25) is 0 Å². The molecule has 0 bridgehead atoms. The Kier molecular flexibility index (Phi) is 4.07. The van der Waals surface area contributed by atoms with Crippen molar-refractivity contribution in [2.24, 2.45) is 0 Å². The SMILES string of the molecule is Cc1cc(O)cc2c1[C@@H](c1ccccc1F)C[C@]1(CC(C)(C)NC(=S)N1)O2. The molecule has 2 aliphatic heterocycles. The number of aromatic hydroxyl groups is 1. The normalized spacial score (nSPS) is 25.9. The van der Waals surface area contributed by atoms with Gasteiger partial charge in [0.1, 0.15) is 17.3 Å². The number of hydrogen-bond donors (Lipinski definition) is 3. The first-order valence-electron chi connectivity index (χ1n) is 9.05. The third kappa shape index (κ3) is 3.23. The molecule has 0 aromatic heterocycles. The van der Waals surface area contributed by atoms with Crippen LogP contribution < -0.4 is 15.4 Å². The third-order valence-corrected chi connectivity index (χ3v) is 5.53. The zero-order valence-electron chi connectivity index (χ0n) is 15.6. The Hall–Kier alpha value is -2.34. The maximum atomic E-state index is 14.7. The van der Waals surface area contributed by atoms with Crippen LogP contribution in [0.15, 0.2) is 36.4 Å². The largest absolute Gasteiger partial charge is 0.508 e. The quantitative estimate of drug-likeness (QED) is 0.645. The molecule has 142 valence electrons. The van der Waals surface area contributed by atoms with Crippen molar-refractivity contribution in [2.45, 2.75) is 50.8 Å². The van der Waals surface area contributed by atoms with Crippen LogP contribution in [0.25, 0.3) is 0 Å².